The molecule has 0 atom stereocenters. The highest BCUT2D eigenvalue weighted by atomic mass is 35.5. The molecular weight excluding hydrogens is 264 g/mol. The Bertz CT molecular complexity index is 620. The van der Waals surface area contributed by atoms with Crippen LogP contribution < -0.4 is 9.47 Å². The summed E-state index contributed by atoms with van der Waals surface area (Å²) < 4.78 is 11.0. The van der Waals surface area contributed by atoms with Crippen LogP contribution in [0.5, 0.6) is 11.5 Å². The summed E-state index contributed by atoms with van der Waals surface area (Å²) in [6.07, 6.45) is 0. The van der Waals surface area contributed by atoms with Crippen LogP contribution in [-0.2, 0) is 0 Å². The Labute approximate surface area is 115 Å². The molecule has 1 aliphatic heterocycles. The SMILES string of the molecule is O=C(c1ccc(Cl)cc1)c1cccc2c1OCCO2. The van der Waals surface area contributed by atoms with Gasteiger partial charge in [-0.2, -0.15) is 0 Å². The lowest BCUT2D eigenvalue weighted by Gasteiger charge is -2.20. The molecule has 3 rings (SSSR count). The number of rotatable bonds is 2. The molecule has 2 aromatic carbocycles. The van der Waals surface area contributed by atoms with Gasteiger partial charge in [-0.15, -0.1) is 0 Å². The second-order valence-corrected chi connectivity index (χ2v) is 4.60. The van der Waals surface area contributed by atoms with Crippen LogP contribution in [0.1, 0.15) is 15.9 Å². The van der Waals surface area contributed by atoms with Crippen molar-refractivity contribution in [2.45, 2.75) is 0 Å². The monoisotopic (exact) mass is 274 g/mol. The van der Waals surface area contributed by atoms with Gasteiger partial charge < -0.3 is 9.47 Å². The zero-order valence-corrected chi connectivity index (χ0v) is 10.8. The first-order valence-corrected chi connectivity index (χ1v) is 6.32. The van der Waals surface area contributed by atoms with Crippen molar-refractivity contribution in [2.75, 3.05) is 13.2 Å². The number of halogens is 1. The molecule has 0 spiro atoms. The van der Waals surface area contributed by atoms with E-state index in [0.717, 1.165) is 0 Å². The third kappa shape index (κ3) is 2.29. The topological polar surface area (TPSA) is 35.5 Å². The van der Waals surface area contributed by atoms with Crippen LogP contribution in [0.15, 0.2) is 42.5 Å². The lowest BCUT2D eigenvalue weighted by molar-refractivity contribution is 0.102. The van der Waals surface area contributed by atoms with Crippen molar-refractivity contribution in [2.24, 2.45) is 0 Å². The fraction of sp³-hybridized carbons (Fsp3) is 0.133. The van der Waals surface area contributed by atoms with Gasteiger partial charge in [-0.05, 0) is 36.4 Å². The summed E-state index contributed by atoms with van der Waals surface area (Å²) in [5.74, 6) is 1.04. The Morgan fingerprint density at radius 2 is 1.74 bits per heavy atom. The minimum atomic E-state index is -0.0981. The second kappa shape index (κ2) is 4.94. The molecule has 2 aromatic rings. The zero-order chi connectivity index (χ0) is 13.2. The molecule has 0 amide bonds. The van der Waals surface area contributed by atoms with E-state index in [0.29, 0.717) is 40.9 Å². The zero-order valence-electron chi connectivity index (χ0n) is 10.1. The first-order chi connectivity index (χ1) is 9.25. The number of carbonyl (C=O) groups is 1. The number of ether oxygens (including phenoxy) is 2. The van der Waals surface area contributed by atoms with Gasteiger partial charge in [0.25, 0.3) is 0 Å². The number of hydrogen-bond donors (Lipinski definition) is 0. The number of benzene rings is 2. The van der Waals surface area contributed by atoms with Crippen molar-refractivity contribution in [3.05, 3.63) is 58.6 Å². The van der Waals surface area contributed by atoms with Gasteiger partial charge in [-0.1, -0.05) is 17.7 Å². The van der Waals surface area contributed by atoms with Crippen molar-refractivity contribution in [1.82, 2.24) is 0 Å². The van der Waals surface area contributed by atoms with Gasteiger partial charge in [0.1, 0.15) is 13.2 Å². The van der Waals surface area contributed by atoms with E-state index >= 15 is 0 Å². The Balaban J connectivity index is 2.02. The number of fused-ring (bicyclic) bond motifs is 1. The maximum atomic E-state index is 12.5. The fourth-order valence-electron chi connectivity index (χ4n) is 2.01. The number of carbonyl (C=O) groups excluding carboxylic acids is 1. The van der Waals surface area contributed by atoms with Crippen LogP contribution in [0.4, 0.5) is 0 Å². The predicted molar refractivity (Wildman–Crippen MR) is 72.3 cm³/mol. The van der Waals surface area contributed by atoms with Gasteiger partial charge in [-0.3, -0.25) is 4.79 Å². The highest BCUT2D eigenvalue weighted by molar-refractivity contribution is 6.30. The van der Waals surface area contributed by atoms with E-state index < -0.39 is 0 Å². The van der Waals surface area contributed by atoms with E-state index in [9.17, 15) is 4.79 Å². The van der Waals surface area contributed by atoms with Crippen molar-refractivity contribution in [3.63, 3.8) is 0 Å². The van der Waals surface area contributed by atoms with Crippen molar-refractivity contribution >= 4 is 17.4 Å². The molecule has 1 aliphatic rings. The molecule has 0 N–H and O–H groups in total. The minimum Gasteiger partial charge on any atom is -0.486 e. The van der Waals surface area contributed by atoms with Gasteiger partial charge >= 0.3 is 0 Å². The number of hydrogen-bond acceptors (Lipinski definition) is 3. The Morgan fingerprint density at radius 3 is 2.53 bits per heavy atom. The highest BCUT2D eigenvalue weighted by Gasteiger charge is 2.21. The van der Waals surface area contributed by atoms with Crippen molar-refractivity contribution in [1.29, 1.82) is 0 Å². The van der Waals surface area contributed by atoms with Crippen LogP contribution in [0.2, 0.25) is 5.02 Å². The lowest BCUT2D eigenvalue weighted by Crippen LogP contribution is -2.18. The van der Waals surface area contributed by atoms with E-state index in [4.69, 9.17) is 21.1 Å². The molecular formula is C15H11ClO3. The molecule has 1 heterocycles. The van der Waals surface area contributed by atoms with Crippen LogP contribution >= 0.6 is 11.6 Å². The summed E-state index contributed by atoms with van der Waals surface area (Å²) in [6, 6.07) is 12.1. The molecule has 0 radical (unpaired) electrons. The third-order valence-corrected chi connectivity index (χ3v) is 3.17. The summed E-state index contributed by atoms with van der Waals surface area (Å²) >= 11 is 5.82. The summed E-state index contributed by atoms with van der Waals surface area (Å²) in [6.45, 7) is 0.962. The molecule has 0 aromatic heterocycles. The molecule has 0 fully saturated rings. The largest absolute Gasteiger partial charge is 0.486 e. The number of para-hydroxylation sites is 1. The fourth-order valence-corrected chi connectivity index (χ4v) is 2.14. The maximum Gasteiger partial charge on any atom is 0.196 e. The first kappa shape index (κ1) is 12.1. The Hall–Kier alpha value is -2.00. The van der Waals surface area contributed by atoms with Crippen LogP contribution in [-0.4, -0.2) is 19.0 Å². The van der Waals surface area contributed by atoms with Gasteiger partial charge in [-0.25, -0.2) is 0 Å². The van der Waals surface area contributed by atoms with Gasteiger partial charge in [0, 0.05) is 10.6 Å². The summed E-state index contributed by atoms with van der Waals surface area (Å²) in [4.78, 5) is 12.5. The van der Waals surface area contributed by atoms with Crippen molar-refractivity contribution < 1.29 is 14.3 Å². The normalized spacial score (nSPS) is 13.1. The molecule has 96 valence electrons. The van der Waals surface area contributed by atoms with Crippen LogP contribution in [0.3, 0.4) is 0 Å². The standard InChI is InChI=1S/C15H11ClO3/c16-11-6-4-10(5-7-11)14(17)12-2-1-3-13-15(12)19-9-8-18-13/h1-7H,8-9H2. The molecule has 4 heteroatoms. The molecule has 0 unspecified atom stereocenters. The third-order valence-electron chi connectivity index (χ3n) is 2.92. The van der Waals surface area contributed by atoms with E-state index in [2.05, 4.69) is 0 Å². The quantitative estimate of drug-likeness (QED) is 0.788. The average molecular weight is 275 g/mol. The van der Waals surface area contributed by atoms with Gasteiger partial charge in [0.05, 0.1) is 5.56 Å². The molecule has 3 nitrogen and oxygen atoms in total. The first-order valence-electron chi connectivity index (χ1n) is 5.94. The van der Waals surface area contributed by atoms with Gasteiger partial charge in [0.15, 0.2) is 17.3 Å². The van der Waals surface area contributed by atoms with E-state index in [1.54, 1.807) is 42.5 Å². The molecule has 0 saturated carbocycles. The molecule has 0 aliphatic carbocycles. The smallest absolute Gasteiger partial charge is 0.196 e. The highest BCUT2D eigenvalue weighted by Crippen LogP contribution is 2.34. The lowest BCUT2D eigenvalue weighted by atomic mass is 10.0. The minimum absolute atomic E-state index is 0.0981. The summed E-state index contributed by atoms with van der Waals surface area (Å²) in [5, 5.41) is 0.603. The molecule has 0 saturated heterocycles. The average Bonchev–Trinajstić information content (AvgIpc) is 2.47. The van der Waals surface area contributed by atoms with Gasteiger partial charge in [0.2, 0.25) is 0 Å². The maximum absolute atomic E-state index is 12.5. The van der Waals surface area contributed by atoms with Crippen LogP contribution in [0, 0.1) is 0 Å². The predicted octanol–water partition coefficient (Wildman–Crippen LogP) is 3.34. The van der Waals surface area contributed by atoms with Crippen molar-refractivity contribution in [3.8, 4) is 11.5 Å². The van der Waals surface area contributed by atoms with E-state index in [1.165, 1.54) is 0 Å². The van der Waals surface area contributed by atoms with E-state index in [-0.39, 0.29) is 5.78 Å². The Kier molecular flexibility index (Phi) is 3.13. The van der Waals surface area contributed by atoms with E-state index in [1.807, 2.05) is 0 Å². The molecule has 19 heavy (non-hydrogen) atoms. The van der Waals surface area contributed by atoms with Crippen LogP contribution in [0.25, 0.3) is 0 Å². The summed E-state index contributed by atoms with van der Waals surface area (Å²) in [7, 11) is 0. The Morgan fingerprint density at radius 1 is 1.00 bits per heavy atom. The number of ketones is 1. The second-order valence-electron chi connectivity index (χ2n) is 4.17. The molecule has 0 bridgehead atoms. The summed E-state index contributed by atoms with van der Waals surface area (Å²) in [5.41, 5.74) is 1.09.